The van der Waals surface area contributed by atoms with E-state index in [0.717, 1.165) is 25.7 Å². The maximum absolute atomic E-state index is 15.0. The van der Waals surface area contributed by atoms with E-state index >= 15 is 4.39 Å². The second-order valence-corrected chi connectivity index (χ2v) is 10.3. The van der Waals surface area contributed by atoms with E-state index in [1.807, 2.05) is 6.07 Å². The number of amides is 3. The molecule has 0 aromatic heterocycles. The van der Waals surface area contributed by atoms with Gasteiger partial charge in [-0.1, -0.05) is 55.3 Å². The van der Waals surface area contributed by atoms with Gasteiger partial charge in [0.2, 0.25) is 17.7 Å². The van der Waals surface area contributed by atoms with Crippen LogP contribution in [-0.2, 0) is 19.1 Å². The minimum Gasteiger partial charge on any atom is -0.356 e. The summed E-state index contributed by atoms with van der Waals surface area (Å²) in [6, 6.07) is 13.7. The third kappa shape index (κ3) is 3.31. The third-order valence-electron chi connectivity index (χ3n) is 8.08. The van der Waals surface area contributed by atoms with Crippen molar-refractivity contribution in [1.82, 2.24) is 5.32 Å². The van der Waals surface area contributed by atoms with E-state index in [1.54, 1.807) is 49.4 Å². The number of para-hydroxylation sites is 2. The van der Waals surface area contributed by atoms with Gasteiger partial charge in [-0.05, 0) is 44.0 Å². The number of fused-ring (bicyclic) bond motifs is 1. The highest BCUT2D eigenvalue weighted by molar-refractivity contribution is 6.11. The van der Waals surface area contributed by atoms with E-state index in [4.69, 9.17) is 4.74 Å². The van der Waals surface area contributed by atoms with Crippen LogP contribution in [0.2, 0.25) is 0 Å². The molecule has 2 aromatic carbocycles. The summed E-state index contributed by atoms with van der Waals surface area (Å²) < 4.78 is 21.5. The Morgan fingerprint density at radius 2 is 1.69 bits per heavy atom. The number of ether oxygens (including phenoxy) is 1. The molecule has 186 valence electrons. The predicted molar refractivity (Wildman–Crippen MR) is 131 cm³/mol. The number of carbonyl (C=O) groups is 3. The van der Waals surface area contributed by atoms with Crippen molar-refractivity contribution in [3.05, 3.63) is 72.6 Å². The van der Waals surface area contributed by atoms with Crippen LogP contribution < -0.4 is 15.5 Å². The maximum Gasteiger partial charge on any atom is 0.246 e. The zero-order valence-corrected chi connectivity index (χ0v) is 19.9. The van der Waals surface area contributed by atoms with Gasteiger partial charge < -0.3 is 15.4 Å². The quantitative estimate of drug-likeness (QED) is 0.629. The molecule has 2 saturated heterocycles. The number of carbonyl (C=O) groups excluding carboxylic acids is 3. The van der Waals surface area contributed by atoms with Crippen LogP contribution in [0.15, 0.2) is 66.7 Å². The lowest BCUT2D eigenvalue weighted by molar-refractivity contribution is -0.131. The van der Waals surface area contributed by atoms with E-state index in [2.05, 4.69) is 10.6 Å². The number of rotatable bonds is 5. The van der Waals surface area contributed by atoms with Crippen molar-refractivity contribution < 1.29 is 23.5 Å². The maximum atomic E-state index is 15.0. The zero-order chi connectivity index (χ0) is 25.1. The Morgan fingerprint density at radius 3 is 2.42 bits per heavy atom. The number of benzene rings is 2. The summed E-state index contributed by atoms with van der Waals surface area (Å²) >= 11 is 0. The van der Waals surface area contributed by atoms with Gasteiger partial charge in [-0.15, -0.1) is 0 Å². The molecule has 3 fully saturated rings. The Kier molecular flexibility index (Phi) is 5.26. The SMILES string of the molecule is C[C@@]12C=C[C@@]3(O1)[C@H](C(=O)N(c1ccccc1F)[C@@H]3C(=O)NC1CCCC1)[C@H]2C(=O)Nc1ccccc1. The average molecular weight is 490 g/mol. The van der Waals surface area contributed by atoms with Gasteiger partial charge in [0.05, 0.1) is 23.1 Å². The number of nitrogens with one attached hydrogen (secondary N) is 2. The first-order chi connectivity index (χ1) is 17.3. The lowest BCUT2D eigenvalue weighted by Crippen LogP contribution is -2.56. The first kappa shape index (κ1) is 22.9. The van der Waals surface area contributed by atoms with Crippen molar-refractivity contribution in [2.24, 2.45) is 11.8 Å². The number of nitrogens with zero attached hydrogens (tertiary/aromatic N) is 1. The van der Waals surface area contributed by atoms with Crippen molar-refractivity contribution in [2.45, 2.75) is 55.9 Å². The molecular formula is C28H28FN3O4. The van der Waals surface area contributed by atoms with Crippen LogP contribution in [0.3, 0.4) is 0 Å². The Labute approximate surface area is 208 Å². The Hall–Kier alpha value is -3.52. The summed E-state index contributed by atoms with van der Waals surface area (Å²) in [5, 5.41) is 5.97. The third-order valence-corrected chi connectivity index (χ3v) is 8.08. The monoisotopic (exact) mass is 489 g/mol. The normalized spacial score (nSPS) is 32.7. The molecule has 3 aliphatic heterocycles. The van der Waals surface area contributed by atoms with E-state index in [-0.39, 0.29) is 23.5 Å². The molecule has 1 aliphatic carbocycles. The molecule has 7 nitrogen and oxygen atoms in total. The van der Waals surface area contributed by atoms with E-state index in [0.29, 0.717) is 5.69 Å². The molecule has 2 aromatic rings. The summed E-state index contributed by atoms with van der Waals surface area (Å²) in [5.41, 5.74) is -1.86. The first-order valence-electron chi connectivity index (χ1n) is 12.5. The standard InChI is InChI=1S/C28H28FN3O4/c1-27-15-16-28(36-27)22(21(27)24(33)30-17-9-3-2-4-10-17)26(35)32(20-14-8-7-13-19(20)29)23(28)25(34)31-18-11-5-6-12-18/h2-4,7-10,13-16,18,21-23H,5-6,11-12H2,1H3,(H,30,33)(H,31,34)/t21-,22-,23+,27-,28+/m0/s1. The van der Waals surface area contributed by atoms with Crippen LogP contribution in [0.25, 0.3) is 0 Å². The lowest BCUT2D eigenvalue weighted by Gasteiger charge is -2.33. The molecule has 8 heteroatoms. The number of hydrogen-bond acceptors (Lipinski definition) is 4. The summed E-state index contributed by atoms with van der Waals surface area (Å²) in [5.74, 6) is -3.74. The van der Waals surface area contributed by atoms with Gasteiger partial charge >= 0.3 is 0 Å². The second-order valence-electron chi connectivity index (χ2n) is 10.3. The highest BCUT2D eigenvalue weighted by Gasteiger charge is 2.76. The minimum atomic E-state index is -1.38. The molecule has 2 bridgehead atoms. The molecule has 1 saturated carbocycles. The fourth-order valence-electron chi connectivity index (χ4n) is 6.53. The Bertz CT molecular complexity index is 1260. The van der Waals surface area contributed by atoms with Crippen LogP contribution in [0.4, 0.5) is 15.8 Å². The minimum absolute atomic E-state index is 0.000804. The van der Waals surface area contributed by atoms with E-state index in [1.165, 1.54) is 23.1 Å². The predicted octanol–water partition coefficient (Wildman–Crippen LogP) is 3.57. The van der Waals surface area contributed by atoms with Gasteiger partial charge in [0.15, 0.2) is 0 Å². The van der Waals surface area contributed by atoms with Crippen molar-refractivity contribution in [3.8, 4) is 0 Å². The van der Waals surface area contributed by atoms with Crippen molar-refractivity contribution >= 4 is 29.1 Å². The average Bonchev–Trinajstić information content (AvgIpc) is 3.60. The molecule has 0 unspecified atom stereocenters. The zero-order valence-electron chi connectivity index (χ0n) is 19.9. The molecule has 2 N–H and O–H groups in total. The summed E-state index contributed by atoms with van der Waals surface area (Å²) in [6.45, 7) is 1.76. The number of halogens is 1. The van der Waals surface area contributed by atoms with Gasteiger partial charge in [0, 0.05) is 11.7 Å². The molecule has 36 heavy (non-hydrogen) atoms. The fourth-order valence-corrected chi connectivity index (χ4v) is 6.53. The smallest absolute Gasteiger partial charge is 0.246 e. The largest absolute Gasteiger partial charge is 0.356 e. The van der Waals surface area contributed by atoms with Gasteiger partial charge in [0.1, 0.15) is 17.5 Å². The number of anilines is 2. The molecule has 3 heterocycles. The van der Waals surface area contributed by atoms with Crippen LogP contribution in [0.1, 0.15) is 32.6 Å². The van der Waals surface area contributed by atoms with Crippen LogP contribution in [0, 0.1) is 17.7 Å². The molecule has 4 aliphatic rings. The second kappa shape index (κ2) is 8.27. The van der Waals surface area contributed by atoms with Gasteiger partial charge in [-0.2, -0.15) is 0 Å². The summed E-state index contributed by atoms with van der Waals surface area (Å²) in [6.07, 6.45) is 7.28. The highest BCUT2D eigenvalue weighted by atomic mass is 19.1. The molecule has 6 rings (SSSR count). The van der Waals surface area contributed by atoms with E-state index in [9.17, 15) is 14.4 Å². The molecular weight excluding hydrogens is 461 g/mol. The molecule has 1 spiro atoms. The Morgan fingerprint density at radius 1 is 1.00 bits per heavy atom. The van der Waals surface area contributed by atoms with Crippen LogP contribution in [-0.4, -0.2) is 41.0 Å². The highest BCUT2D eigenvalue weighted by Crippen LogP contribution is 2.60. The molecule has 3 amide bonds. The van der Waals surface area contributed by atoms with Gasteiger partial charge in [0.25, 0.3) is 0 Å². The van der Waals surface area contributed by atoms with Crippen molar-refractivity contribution in [2.75, 3.05) is 10.2 Å². The topological polar surface area (TPSA) is 87.7 Å². The summed E-state index contributed by atoms with van der Waals surface area (Å²) in [7, 11) is 0. The molecule has 5 atom stereocenters. The Balaban J connectivity index is 1.42. The van der Waals surface area contributed by atoms with Gasteiger partial charge in [-0.25, -0.2) is 4.39 Å². The van der Waals surface area contributed by atoms with Crippen LogP contribution >= 0.6 is 0 Å². The number of hydrogen-bond donors (Lipinski definition) is 2. The van der Waals surface area contributed by atoms with Gasteiger partial charge in [-0.3, -0.25) is 19.3 Å². The van der Waals surface area contributed by atoms with Crippen molar-refractivity contribution in [3.63, 3.8) is 0 Å². The first-order valence-corrected chi connectivity index (χ1v) is 12.5. The fraction of sp³-hybridized carbons (Fsp3) is 0.393. The summed E-state index contributed by atoms with van der Waals surface area (Å²) in [4.78, 5) is 42.7. The van der Waals surface area contributed by atoms with Crippen molar-refractivity contribution in [1.29, 1.82) is 0 Å². The molecule has 0 radical (unpaired) electrons. The lowest BCUT2D eigenvalue weighted by atomic mass is 9.70. The van der Waals surface area contributed by atoms with E-state index < -0.39 is 40.8 Å². The van der Waals surface area contributed by atoms with Crippen LogP contribution in [0.5, 0.6) is 0 Å².